The zero-order valence-corrected chi connectivity index (χ0v) is 12.6. The number of hydrogen-bond donors (Lipinski definition) is 0. The van der Waals surface area contributed by atoms with Gasteiger partial charge in [-0.1, -0.05) is 56.7 Å². The number of benzene rings is 1. The standard InChI is InChI=1S/C15H21Cl2F/c1-3-4-5-6-7-8-13(16)12-9-11(2)15(18)10-14(12)17/h9-10,13H,3-8H2,1-2H3. The van der Waals surface area contributed by atoms with E-state index in [1.807, 2.05) is 0 Å². The second-order valence-electron chi connectivity index (χ2n) is 4.79. The predicted octanol–water partition coefficient (Wildman–Crippen LogP) is 6.43. The number of halogens is 3. The minimum atomic E-state index is -0.268. The Bertz CT molecular complexity index is 377. The molecule has 0 aliphatic rings. The monoisotopic (exact) mass is 290 g/mol. The van der Waals surface area contributed by atoms with Crippen LogP contribution in [0.3, 0.4) is 0 Å². The van der Waals surface area contributed by atoms with Crippen LogP contribution in [0.4, 0.5) is 4.39 Å². The maximum atomic E-state index is 13.3. The minimum Gasteiger partial charge on any atom is -0.207 e. The van der Waals surface area contributed by atoms with Crippen LogP contribution in [0.15, 0.2) is 12.1 Å². The molecule has 0 radical (unpaired) electrons. The van der Waals surface area contributed by atoms with Crippen LogP contribution in [0.2, 0.25) is 5.02 Å². The van der Waals surface area contributed by atoms with Gasteiger partial charge < -0.3 is 0 Å². The second kappa shape index (κ2) is 8.01. The third-order valence-corrected chi connectivity index (χ3v) is 3.96. The lowest BCUT2D eigenvalue weighted by atomic mass is 10.0. The molecule has 0 nitrogen and oxygen atoms in total. The Labute approximate surface area is 119 Å². The van der Waals surface area contributed by atoms with Crippen molar-refractivity contribution in [1.82, 2.24) is 0 Å². The van der Waals surface area contributed by atoms with Crippen LogP contribution >= 0.6 is 23.2 Å². The topological polar surface area (TPSA) is 0 Å². The van der Waals surface area contributed by atoms with E-state index in [1.54, 1.807) is 13.0 Å². The summed E-state index contributed by atoms with van der Waals surface area (Å²) in [6.45, 7) is 3.94. The fourth-order valence-electron chi connectivity index (χ4n) is 2.00. The van der Waals surface area contributed by atoms with Crippen LogP contribution < -0.4 is 0 Å². The zero-order valence-electron chi connectivity index (χ0n) is 11.1. The molecule has 1 aromatic rings. The van der Waals surface area contributed by atoms with E-state index in [1.165, 1.54) is 31.7 Å². The van der Waals surface area contributed by atoms with Crippen molar-refractivity contribution in [2.24, 2.45) is 0 Å². The maximum absolute atomic E-state index is 13.3. The Morgan fingerprint density at radius 2 is 1.83 bits per heavy atom. The molecule has 3 heteroatoms. The molecule has 0 amide bonds. The molecule has 1 unspecified atom stereocenters. The molecule has 0 aliphatic carbocycles. The predicted molar refractivity (Wildman–Crippen MR) is 78.1 cm³/mol. The molecule has 0 saturated heterocycles. The van der Waals surface area contributed by atoms with Gasteiger partial charge >= 0.3 is 0 Å². The van der Waals surface area contributed by atoms with E-state index in [2.05, 4.69) is 6.92 Å². The van der Waals surface area contributed by atoms with Crippen molar-refractivity contribution in [3.8, 4) is 0 Å². The van der Waals surface area contributed by atoms with Gasteiger partial charge in [0.1, 0.15) is 5.82 Å². The highest BCUT2D eigenvalue weighted by Gasteiger charge is 2.13. The van der Waals surface area contributed by atoms with Gasteiger partial charge in [-0.15, -0.1) is 11.6 Å². The zero-order chi connectivity index (χ0) is 13.5. The van der Waals surface area contributed by atoms with E-state index in [4.69, 9.17) is 23.2 Å². The summed E-state index contributed by atoms with van der Waals surface area (Å²) < 4.78 is 13.3. The van der Waals surface area contributed by atoms with Gasteiger partial charge in [0.25, 0.3) is 0 Å². The Morgan fingerprint density at radius 1 is 1.17 bits per heavy atom. The van der Waals surface area contributed by atoms with Crippen LogP contribution in [-0.4, -0.2) is 0 Å². The van der Waals surface area contributed by atoms with Gasteiger partial charge in [-0.2, -0.15) is 0 Å². The first-order valence-electron chi connectivity index (χ1n) is 6.65. The highest BCUT2D eigenvalue weighted by Crippen LogP contribution is 2.33. The van der Waals surface area contributed by atoms with Gasteiger partial charge in [0.2, 0.25) is 0 Å². The average Bonchev–Trinajstić information content (AvgIpc) is 2.33. The molecule has 0 heterocycles. The second-order valence-corrected chi connectivity index (χ2v) is 5.73. The summed E-state index contributed by atoms with van der Waals surface area (Å²) in [6, 6.07) is 3.13. The molecule has 0 saturated carbocycles. The van der Waals surface area contributed by atoms with Gasteiger partial charge in [-0.25, -0.2) is 4.39 Å². The van der Waals surface area contributed by atoms with E-state index >= 15 is 0 Å². The Kier molecular flexibility index (Phi) is 7.03. The van der Waals surface area contributed by atoms with E-state index < -0.39 is 0 Å². The lowest BCUT2D eigenvalue weighted by molar-refractivity contribution is 0.598. The van der Waals surface area contributed by atoms with Crippen LogP contribution in [0.25, 0.3) is 0 Å². The van der Waals surface area contributed by atoms with Crippen LogP contribution in [0, 0.1) is 12.7 Å². The first kappa shape index (κ1) is 15.8. The van der Waals surface area contributed by atoms with Crippen LogP contribution in [0.5, 0.6) is 0 Å². The normalized spacial score (nSPS) is 12.7. The van der Waals surface area contributed by atoms with Gasteiger partial charge in [-0.05, 0) is 30.5 Å². The van der Waals surface area contributed by atoms with Crippen molar-refractivity contribution in [3.63, 3.8) is 0 Å². The van der Waals surface area contributed by atoms with E-state index in [0.717, 1.165) is 18.4 Å². The fourth-order valence-corrected chi connectivity index (χ4v) is 2.67. The SMILES string of the molecule is CCCCCCCC(Cl)c1cc(C)c(F)cc1Cl. The smallest absolute Gasteiger partial charge is 0.127 e. The van der Waals surface area contributed by atoms with E-state index in [0.29, 0.717) is 10.6 Å². The van der Waals surface area contributed by atoms with Crippen molar-refractivity contribution in [3.05, 3.63) is 34.1 Å². The third-order valence-electron chi connectivity index (χ3n) is 3.18. The number of unbranched alkanes of at least 4 members (excludes halogenated alkanes) is 4. The average molecular weight is 291 g/mol. The Hall–Kier alpha value is -0.270. The molecule has 1 rings (SSSR count). The summed E-state index contributed by atoms with van der Waals surface area (Å²) >= 11 is 12.4. The number of alkyl halides is 1. The summed E-state index contributed by atoms with van der Waals surface area (Å²) in [6.07, 6.45) is 6.98. The van der Waals surface area contributed by atoms with Gasteiger partial charge in [-0.3, -0.25) is 0 Å². The molecular formula is C15H21Cl2F. The summed E-state index contributed by atoms with van der Waals surface area (Å²) in [5.41, 5.74) is 1.46. The summed E-state index contributed by atoms with van der Waals surface area (Å²) in [7, 11) is 0. The van der Waals surface area contributed by atoms with Crippen molar-refractivity contribution in [2.75, 3.05) is 0 Å². The minimum absolute atomic E-state index is 0.113. The fraction of sp³-hybridized carbons (Fsp3) is 0.600. The highest BCUT2D eigenvalue weighted by molar-refractivity contribution is 6.32. The van der Waals surface area contributed by atoms with Crippen LogP contribution in [-0.2, 0) is 0 Å². The quantitative estimate of drug-likeness (QED) is 0.401. The van der Waals surface area contributed by atoms with Gasteiger partial charge in [0, 0.05) is 5.02 Å². The molecule has 18 heavy (non-hydrogen) atoms. The molecule has 0 aliphatic heterocycles. The summed E-state index contributed by atoms with van der Waals surface area (Å²) in [5, 5.41) is 0.324. The van der Waals surface area contributed by atoms with Gasteiger partial charge in [0.15, 0.2) is 0 Å². The van der Waals surface area contributed by atoms with Crippen molar-refractivity contribution >= 4 is 23.2 Å². The number of hydrogen-bond acceptors (Lipinski definition) is 0. The molecule has 0 fully saturated rings. The highest BCUT2D eigenvalue weighted by atomic mass is 35.5. The molecular weight excluding hydrogens is 270 g/mol. The third kappa shape index (κ3) is 4.78. The number of aryl methyl sites for hydroxylation is 1. The number of rotatable bonds is 7. The lowest BCUT2D eigenvalue weighted by Gasteiger charge is -2.13. The van der Waals surface area contributed by atoms with Gasteiger partial charge in [0.05, 0.1) is 5.38 Å². The van der Waals surface area contributed by atoms with Crippen molar-refractivity contribution in [2.45, 2.75) is 57.7 Å². The molecule has 0 bridgehead atoms. The first-order valence-corrected chi connectivity index (χ1v) is 7.47. The van der Waals surface area contributed by atoms with Crippen LogP contribution in [0.1, 0.15) is 62.0 Å². The first-order chi connectivity index (χ1) is 8.56. The molecule has 1 aromatic carbocycles. The van der Waals surface area contributed by atoms with E-state index in [-0.39, 0.29) is 11.2 Å². The molecule has 1 atom stereocenters. The van der Waals surface area contributed by atoms with Crippen molar-refractivity contribution < 1.29 is 4.39 Å². The molecule has 0 spiro atoms. The molecule has 0 aromatic heterocycles. The largest absolute Gasteiger partial charge is 0.207 e. The van der Waals surface area contributed by atoms with Crippen molar-refractivity contribution in [1.29, 1.82) is 0 Å². The summed E-state index contributed by atoms with van der Waals surface area (Å²) in [4.78, 5) is 0. The van der Waals surface area contributed by atoms with E-state index in [9.17, 15) is 4.39 Å². The Balaban J connectivity index is 2.51. The lowest BCUT2D eigenvalue weighted by Crippen LogP contribution is -1.95. The molecule has 102 valence electrons. The Morgan fingerprint density at radius 3 is 2.50 bits per heavy atom. The summed E-state index contributed by atoms with van der Waals surface area (Å²) in [5.74, 6) is -0.268. The maximum Gasteiger partial charge on any atom is 0.127 e. The molecule has 0 N–H and O–H groups in total.